The van der Waals surface area contributed by atoms with Crippen molar-refractivity contribution in [2.24, 2.45) is 0 Å². The van der Waals surface area contributed by atoms with Crippen LogP contribution in [0.3, 0.4) is 0 Å². The smallest absolute Gasteiger partial charge is 0.329 e. The first-order valence-corrected chi connectivity index (χ1v) is 5.95. The van der Waals surface area contributed by atoms with E-state index in [2.05, 4.69) is 15.5 Å². The number of nitrogens with zero attached hydrogens (tertiary/aromatic N) is 1. The molecule has 0 aliphatic heterocycles. The SMILES string of the molecule is CCC(C)(NC(=O)c1ccc2cn[nH]c2c1)C(=O)O. The molecule has 6 heteroatoms. The minimum Gasteiger partial charge on any atom is -0.480 e. The summed E-state index contributed by atoms with van der Waals surface area (Å²) in [6.07, 6.45) is 1.96. The van der Waals surface area contributed by atoms with Crippen molar-refractivity contribution < 1.29 is 14.7 Å². The monoisotopic (exact) mass is 261 g/mol. The minimum atomic E-state index is -1.26. The average Bonchev–Trinajstić information content (AvgIpc) is 2.85. The van der Waals surface area contributed by atoms with Gasteiger partial charge in [-0.1, -0.05) is 13.0 Å². The first kappa shape index (κ1) is 13.1. The average molecular weight is 261 g/mol. The number of aromatic nitrogens is 2. The number of amides is 1. The normalized spacial score (nSPS) is 14.0. The third kappa shape index (κ3) is 2.42. The van der Waals surface area contributed by atoms with E-state index in [9.17, 15) is 9.59 Å². The molecule has 0 spiro atoms. The van der Waals surface area contributed by atoms with Gasteiger partial charge in [0, 0.05) is 10.9 Å². The van der Waals surface area contributed by atoms with Crippen molar-refractivity contribution in [3.8, 4) is 0 Å². The van der Waals surface area contributed by atoms with Crippen molar-refractivity contribution in [3.63, 3.8) is 0 Å². The van der Waals surface area contributed by atoms with Crippen LogP contribution in [-0.2, 0) is 4.79 Å². The van der Waals surface area contributed by atoms with Crippen LogP contribution in [0.15, 0.2) is 24.4 Å². The van der Waals surface area contributed by atoms with Crippen LogP contribution in [0.1, 0.15) is 30.6 Å². The summed E-state index contributed by atoms with van der Waals surface area (Å²) in [5.41, 5.74) is -0.126. The van der Waals surface area contributed by atoms with Crippen molar-refractivity contribution in [2.75, 3.05) is 0 Å². The van der Waals surface area contributed by atoms with Crippen LogP contribution in [0.2, 0.25) is 0 Å². The molecular weight excluding hydrogens is 246 g/mol. The maximum absolute atomic E-state index is 12.1. The van der Waals surface area contributed by atoms with E-state index in [-0.39, 0.29) is 0 Å². The number of carbonyl (C=O) groups excluding carboxylic acids is 1. The summed E-state index contributed by atoms with van der Waals surface area (Å²) in [5, 5.41) is 19.2. The maximum atomic E-state index is 12.1. The van der Waals surface area contributed by atoms with Crippen molar-refractivity contribution >= 4 is 22.8 Å². The molecule has 100 valence electrons. The van der Waals surface area contributed by atoms with Gasteiger partial charge in [-0.15, -0.1) is 0 Å². The molecule has 0 saturated carbocycles. The number of fused-ring (bicyclic) bond motifs is 1. The number of carboxylic acid groups (broad SMARTS) is 1. The fraction of sp³-hybridized carbons (Fsp3) is 0.308. The highest BCUT2D eigenvalue weighted by molar-refractivity contribution is 6.00. The number of H-pyrrole nitrogens is 1. The standard InChI is InChI=1S/C13H15N3O3/c1-3-13(2,12(18)19)15-11(17)8-4-5-9-7-14-16-10(9)6-8/h4-7H,3H2,1-2H3,(H,14,16)(H,15,17)(H,18,19). The number of aliphatic carboxylic acids is 1. The molecule has 0 saturated heterocycles. The third-order valence-electron chi connectivity index (χ3n) is 3.27. The molecule has 1 aromatic carbocycles. The molecule has 0 aliphatic carbocycles. The van der Waals surface area contributed by atoms with Crippen LogP contribution in [0.4, 0.5) is 0 Å². The zero-order valence-corrected chi connectivity index (χ0v) is 10.7. The lowest BCUT2D eigenvalue weighted by molar-refractivity contribution is -0.143. The van der Waals surface area contributed by atoms with Crippen LogP contribution in [0, 0.1) is 0 Å². The molecule has 2 aromatic rings. The zero-order valence-electron chi connectivity index (χ0n) is 10.7. The van der Waals surface area contributed by atoms with Gasteiger partial charge in [0.2, 0.25) is 0 Å². The van der Waals surface area contributed by atoms with E-state index in [1.807, 2.05) is 0 Å². The number of hydrogen-bond acceptors (Lipinski definition) is 3. The Balaban J connectivity index is 2.26. The van der Waals surface area contributed by atoms with Crippen LogP contribution < -0.4 is 5.32 Å². The van der Waals surface area contributed by atoms with Gasteiger partial charge in [-0.2, -0.15) is 5.10 Å². The van der Waals surface area contributed by atoms with Crippen LogP contribution in [0.5, 0.6) is 0 Å². The molecule has 2 rings (SSSR count). The van der Waals surface area contributed by atoms with E-state index >= 15 is 0 Å². The van der Waals surface area contributed by atoms with Crippen LogP contribution >= 0.6 is 0 Å². The van der Waals surface area contributed by atoms with Crippen molar-refractivity contribution in [1.82, 2.24) is 15.5 Å². The third-order valence-corrected chi connectivity index (χ3v) is 3.27. The van der Waals surface area contributed by atoms with E-state index in [0.29, 0.717) is 12.0 Å². The lowest BCUT2D eigenvalue weighted by Gasteiger charge is -2.24. The molecule has 1 unspecified atom stereocenters. The summed E-state index contributed by atoms with van der Waals surface area (Å²) in [6, 6.07) is 5.05. The molecule has 0 radical (unpaired) electrons. The lowest BCUT2D eigenvalue weighted by Crippen LogP contribution is -2.51. The number of aromatic amines is 1. The molecule has 19 heavy (non-hydrogen) atoms. The molecular formula is C13H15N3O3. The van der Waals surface area contributed by atoms with E-state index in [1.165, 1.54) is 6.92 Å². The van der Waals surface area contributed by atoms with Crippen molar-refractivity contribution in [3.05, 3.63) is 30.0 Å². The summed E-state index contributed by atoms with van der Waals surface area (Å²) in [6.45, 7) is 3.20. The Morgan fingerprint density at radius 1 is 1.47 bits per heavy atom. The molecule has 1 aromatic heterocycles. The molecule has 1 amide bonds. The summed E-state index contributed by atoms with van der Waals surface area (Å²) in [7, 11) is 0. The lowest BCUT2D eigenvalue weighted by atomic mass is 9.98. The first-order chi connectivity index (χ1) is 8.96. The number of carbonyl (C=O) groups is 2. The Hall–Kier alpha value is -2.37. The topological polar surface area (TPSA) is 95.1 Å². The van der Waals surface area contributed by atoms with Gasteiger partial charge in [-0.25, -0.2) is 4.79 Å². The maximum Gasteiger partial charge on any atom is 0.329 e. The Morgan fingerprint density at radius 3 is 2.84 bits per heavy atom. The van der Waals surface area contributed by atoms with Crippen LogP contribution in [0.25, 0.3) is 10.9 Å². The summed E-state index contributed by atoms with van der Waals surface area (Å²) in [4.78, 5) is 23.2. The molecule has 0 fully saturated rings. The highest BCUT2D eigenvalue weighted by Crippen LogP contribution is 2.15. The number of carboxylic acids is 1. The van der Waals surface area contributed by atoms with Gasteiger partial charge >= 0.3 is 5.97 Å². The van der Waals surface area contributed by atoms with Gasteiger partial charge in [0.1, 0.15) is 5.54 Å². The predicted molar refractivity (Wildman–Crippen MR) is 69.9 cm³/mol. The molecule has 0 bridgehead atoms. The number of rotatable bonds is 4. The fourth-order valence-electron chi connectivity index (χ4n) is 1.69. The summed E-state index contributed by atoms with van der Waals surface area (Å²) >= 11 is 0. The van der Waals surface area contributed by atoms with E-state index < -0.39 is 17.4 Å². The Kier molecular flexibility index (Phi) is 3.25. The van der Waals surface area contributed by atoms with Crippen molar-refractivity contribution in [2.45, 2.75) is 25.8 Å². The largest absolute Gasteiger partial charge is 0.480 e. The zero-order chi connectivity index (χ0) is 14.0. The van der Waals surface area contributed by atoms with Gasteiger partial charge in [0.25, 0.3) is 5.91 Å². The van der Waals surface area contributed by atoms with E-state index in [0.717, 1.165) is 10.9 Å². The quantitative estimate of drug-likeness (QED) is 0.778. The molecule has 3 N–H and O–H groups in total. The predicted octanol–water partition coefficient (Wildman–Crippen LogP) is 1.55. The van der Waals surface area contributed by atoms with Gasteiger partial charge in [-0.05, 0) is 25.5 Å². The highest BCUT2D eigenvalue weighted by Gasteiger charge is 2.33. The molecule has 1 atom stereocenters. The van der Waals surface area contributed by atoms with Gasteiger partial charge in [-0.3, -0.25) is 9.89 Å². The van der Waals surface area contributed by atoms with Crippen LogP contribution in [-0.4, -0.2) is 32.7 Å². The number of nitrogens with one attached hydrogen (secondary N) is 2. The Bertz CT molecular complexity index is 635. The summed E-state index contributed by atoms with van der Waals surface area (Å²) < 4.78 is 0. The second kappa shape index (κ2) is 4.72. The van der Waals surface area contributed by atoms with Gasteiger partial charge in [0.15, 0.2) is 0 Å². The number of benzene rings is 1. The second-order valence-electron chi connectivity index (χ2n) is 4.62. The summed E-state index contributed by atoms with van der Waals surface area (Å²) in [5.74, 6) is -1.46. The molecule has 1 heterocycles. The Labute approximate surface area is 109 Å². The highest BCUT2D eigenvalue weighted by atomic mass is 16.4. The fourth-order valence-corrected chi connectivity index (χ4v) is 1.69. The van der Waals surface area contributed by atoms with Gasteiger partial charge < -0.3 is 10.4 Å². The van der Waals surface area contributed by atoms with Crippen molar-refractivity contribution in [1.29, 1.82) is 0 Å². The Morgan fingerprint density at radius 2 is 2.21 bits per heavy atom. The number of hydrogen-bond donors (Lipinski definition) is 3. The first-order valence-electron chi connectivity index (χ1n) is 5.95. The molecule has 6 nitrogen and oxygen atoms in total. The van der Waals surface area contributed by atoms with E-state index in [4.69, 9.17) is 5.11 Å². The van der Waals surface area contributed by atoms with Gasteiger partial charge in [0.05, 0.1) is 11.7 Å². The van der Waals surface area contributed by atoms with E-state index in [1.54, 1.807) is 31.3 Å². The second-order valence-corrected chi connectivity index (χ2v) is 4.62. The molecule has 0 aliphatic rings. The minimum absolute atomic E-state index is 0.306.